The van der Waals surface area contributed by atoms with Crippen LogP contribution in [0.2, 0.25) is 0 Å². The molecule has 0 aromatic heterocycles. The third-order valence-corrected chi connectivity index (χ3v) is 4.19. The Kier molecular flexibility index (Phi) is 5.26. The smallest absolute Gasteiger partial charge is 0.332 e. The zero-order valence-corrected chi connectivity index (χ0v) is 12.4. The fraction of sp³-hybridized carbons (Fsp3) is 0.462. The lowest BCUT2D eigenvalue weighted by Gasteiger charge is -2.24. The molecule has 7 heteroatoms. The third kappa shape index (κ3) is 2.98. The molecule has 0 bridgehead atoms. The van der Waals surface area contributed by atoms with Gasteiger partial charge in [-0.2, -0.15) is 8.42 Å². The highest BCUT2D eigenvalue weighted by molar-refractivity contribution is 7.73. The number of likely N-dealkylation sites (N-methyl/N-ethyl adjacent to an activating group) is 1. The fourth-order valence-electron chi connectivity index (χ4n) is 2.12. The highest BCUT2D eigenvalue weighted by Gasteiger charge is 2.32. The summed E-state index contributed by atoms with van der Waals surface area (Å²) in [5, 5.41) is 9.03. The van der Waals surface area contributed by atoms with Crippen LogP contribution in [0.5, 0.6) is 0 Å². The molecule has 1 aliphatic carbocycles. The van der Waals surface area contributed by atoms with E-state index in [1.807, 2.05) is 0 Å². The van der Waals surface area contributed by atoms with Gasteiger partial charge in [0, 0.05) is 24.6 Å². The summed E-state index contributed by atoms with van der Waals surface area (Å²) >= 11 is 0. The van der Waals surface area contributed by atoms with Gasteiger partial charge >= 0.3 is 5.97 Å². The van der Waals surface area contributed by atoms with E-state index in [0.29, 0.717) is 13.1 Å². The number of hydrogen-bond acceptors (Lipinski definition) is 4. The number of carbonyl (C=O) groups is 2. The minimum atomic E-state index is -2.64. The Hall–Kier alpha value is -1.89. The Morgan fingerprint density at radius 2 is 1.80 bits per heavy atom. The van der Waals surface area contributed by atoms with Crippen LogP contribution in [0.3, 0.4) is 0 Å². The van der Waals surface area contributed by atoms with Crippen molar-refractivity contribution < 1.29 is 23.1 Å². The molecule has 110 valence electrons. The zero-order chi connectivity index (χ0) is 15.4. The Balaban J connectivity index is 3.41. The molecule has 1 aliphatic rings. The number of aliphatic carboxylic acids is 1. The van der Waals surface area contributed by atoms with E-state index in [2.05, 4.69) is 0 Å². The Labute approximate surface area is 118 Å². The van der Waals surface area contributed by atoms with E-state index < -0.39 is 28.1 Å². The van der Waals surface area contributed by atoms with Crippen LogP contribution >= 0.6 is 0 Å². The summed E-state index contributed by atoms with van der Waals surface area (Å²) in [5.74, 6) is -2.43. The van der Waals surface area contributed by atoms with Crippen molar-refractivity contribution in [3.63, 3.8) is 0 Å². The van der Waals surface area contributed by atoms with E-state index in [4.69, 9.17) is 5.11 Å². The first kappa shape index (κ1) is 16.2. The number of amides is 1. The second-order valence-electron chi connectivity index (χ2n) is 4.31. The highest BCUT2D eigenvalue weighted by Crippen LogP contribution is 2.24. The molecule has 0 aromatic rings. The standard InChI is InChI=1S/C13H17NO5S/c1-4-14(5-2)12(15)10-7-6-9(13(16)17)8(3)11(10)20(18)19/h6-8H,4-5H2,1-3H3,(H,16,17). The molecule has 1 amide bonds. The third-order valence-electron chi connectivity index (χ3n) is 3.26. The molecule has 1 rings (SSSR count). The first-order valence-electron chi connectivity index (χ1n) is 6.25. The van der Waals surface area contributed by atoms with Gasteiger partial charge in [-0.15, -0.1) is 0 Å². The monoisotopic (exact) mass is 299 g/mol. The van der Waals surface area contributed by atoms with E-state index in [0.717, 1.165) is 0 Å². The Bertz CT molecular complexity index is 615. The van der Waals surface area contributed by atoms with Crippen molar-refractivity contribution in [2.45, 2.75) is 20.8 Å². The number of allylic oxidation sites excluding steroid dienone is 2. The van der Waals surface area contributed by atoms with Crippen molar-refractivity contribution in [1.82, 2.24) is 4.90 Å². The summed E-state index contributed by atoms with van der Waals surface area (Å²) in [7, 11) is -2.64. The van der Waals surface area contributed by atoms with Crippen LogP contribution < -0.4 is 0 Å². The predicted molar refractivity (Wildman–Crippen MR) is 74.8 cm³/mol. The van der Waals surface area contributed by atoms with Gasteiger partial charge in [-0.05, 0) is 19.9 Å². The average molecular weight is 299 g/mol. The zero-order valence-electron chi connectivity index (χ0n) is 11.6. The molecule has 6 nitrogen and oxygen atoms in total. The molecule has 0 saturated carbocycles. The summed E-state index contributed by atoms with van der Waals surface area (Å²) < 4.78 is 22.8. The minimum Gasteiger partial charge on any atom is -0.478 e. The molecule has 1 N–H and O–H groups in total. The normalized spacial score (nSPS) is 18.1. The number of nitrogens with zero attached hydrogens (tertiary/aromatic N) is 1. The molecule has 0 aromatic carbocycles. The first-order chi connectivity index (χ1) is 9.34. The molecule has 1 atom stereocenters. The Morgan fingerprint density at radius 3 is 2.20 bits per heavy atom. The van der Waals surface area contributed by atoms with Crippen LogP contribution in [-0.4, -0.2) is 48.3 Å². The summed E-state index contributed by atoms with van der Waals surface area (Å²) in [6.45, 7) is 5.96. The molecule has 0 fully saturated rings. The number of carboxylic acids is 1. The maximum atomic E-state index is 12.3. The van der Waals surface area contributed by atoms with Gasteiger partial charge in [0.05, 0.1) is 10.4 Å². The van der Waals surface area contributed by atoms with Gasteiger partial charge in [0.25, 0.3) is 5.91 Å². The van der Waals surface area contributed by atoms with Crippen molar-refractivity contribution in [3.05, 3.63) is 23.3 Å². The van der Waals surface area contributed by atoms with E-state index in [1.54, 1.807) is 13.8 Å². The van der Waals surface area contributed by atoms with Gasteiger partial charge in [-0.1, -0.05) is 13.0 Å². The minimum absolute atomic E-state index is 0.0412. The van der Waals surface area contributed by atoms with E-state index in [9.17, 15) is 18.0 Å². The van der Waals surface area contributed by atoms with Crippen LogP contribution in [0.4, 0.5) is 0 Å². The lowest BCUT2D eigenvalue weighted by Crippen LogP contribution is -2.37. The number of hydrogen-bond donors (Lipinski definition) is 1. The van der Waals surface area contributed by atoms with E-state index in [1.165, 1.54) is 24.0 Å². The number of carboxylic acid groups (broad SMARTS) is 1. The fourth-order valence-corrected chi connectivity index (χ4v) is 2.87. The summed E-state index contributed by atoms with van der Waals surface area (Å²) in [4.78, 5) is 24.7. The lowest BCUT2D eigenvalue weighted by atomic mass is 9.87. The van der Waals surface area contributed by atoms with Crippen LogP contribution in [-0.2, 0) is 19.9 Å². The maximum absolute atomic E-state index is 12.3. The number of rotatable bonds is 4. The van der Waals surface area contributed by atoms with Crippen molar-refractivity contribution in [2.75, 3.05) is 13.1 Å². The van der Waals surface area contributed by atoms with Crippen molar-refractivity contribution in [1.29, 1.82) is 0 Å². The summed E-state index contributed by atoms with van der Waals surface area (Å²) in [5.41, 5.74) is -0.000157. The second-order valence-corrected chi connectivity index (χ2v) is 5.21. The van der Waals surface area contributed by atoms with Crippen LogP contribution in [0.1, 0.15) is 20.8 Å². The van der Waals surface area contributed by atoms with E-state index in [-0.39, 0.29) is 16.0 Å². The van der Waals surface area contributed by atoms with Gasteiger partial charge in [0.2, 0.25) is 10.3 Å². The lowest BCUT2D eigenvalue weighted by molar-refractivity contribution is -0.133. The molecule has 0 radical (unpaired) electrons. The summed E-state index contributed by atoms with van der Waals surface area (Å²) in [6, 6.07) is 0. The quantitative estimate of drug-likeness (QED) is 0.763. The molecule has 0 aliphatic heterocycles. The SMILES string of the molecule is CCN(CC)C(=O)C1=CC=C(C(=O)O)C(C)C1=S(=O)=O. The van der Waals surface area contributed by atoms with Crippen molar-refractivity contribution in [2.24, 2.45) is 5.92 Å². The van der Waals surface area contributed by atoms with Crippen molar-refractivity contribution >= 4 is 27.0 Å². The summed E-state index contributed by atoms with van der Waals surface area (Å²) in [6.07, 6.45) is 2.56. The molecule has 0 heterocycles. The van der Waals surface area contributed by atoms with Gasteiger partial charge in [0.15, 0.2) is 0 Å². The van der Waals surface area contributed by atoms with Gasteiger partial charge < -0.3 is 10.0 Å². The molecule has 0 spiro atoms. The van der Waals surface area contributed by atoms with Gasteiger partial charge in [-0.25, -0.2) is 4.79 Å². The van der Waals surface area contributed by atoms with Gasteiger partial charge in [0.1, 0.15) is 0 Å². The van der Waals surface area contributed by atoms with Crippen LogP contribution in [0.25, 0.3) is 0 Å². The van der Waals surface area contributed by atoms with E-state index >= 15 is 0 Å². The van der Waals surface area contributed by atoms with Gasteiger partial charge in [-0.3, -0.25) is 4.79 Å². The second kappa shape index (κ2) is 6.51. The largest absolute Gasteiger partial charge is 0.478 e. The predicted octanol–water partition coefficient (Wildman–Crippen LogP) is 0.493. The molecule has 20 heavy (non-hydrogen) atoms. The van der Waals surface area contributed by atoms with Crippen LogP contribution in [0.15, 0.2) is 23.3 Å². The first-order valence-corrected chi connectivity index (χ1v) is 7.33. The molecular weight excluding hydrogens is 282 g/mol. The highest BCUT2D eigenvalue weighted by atomic mass is 32.2. The molecular formula is C13H17NO5S. The van der Waals surface area contributed by atoms with Crippen molar-refractivity contribution in [3.8, 4) is 0 Å². The molecule has 1 unspecified atom stereocenters. The maximum Gasteiger partial charge on any atom is 0.332 e. The molecule has 0 saturated heterocycles. The topological polar surface area (TPSA) is 91.8 Å². The number of carbonyl (C=O) groups excluding carboxylic acids is 1. The Morgan fingerprint density at radius 1 is 1.25 bits per heavy atom. The van der Waals surface area contributed by atoms with Crippen LogP contribution in [0, 0.1) is 5.92 Å². The average Bonchev–Trinajstić information content (AvgIpc) is 2.38.